The van der Waals surface area contributed by atoms with Crippen molar-refractivity contribution in [3.8, 4) is 11.5 Å². The molecule has 25 heavy (non-hydrogen) atoms. The molecular weight excluding hydrogens is 322 g/mol. The molecule has 0 radical (unpaired) electrons. The van der Waals surface area contributed by atoms with E-state index in [9.17, 15) is 4.79 Å². The predicted molar refractivity (Wildman–Crippen MR) is 91.6 cm³/mol. The Bertz CT molecular complexity index is 691. The first-order valence-electron chi connectivity index (χ1n) is 8.33. The fourth-order valence-corrected chi connectivity index (χ4v) is 2.77. The lowest BCUT2D eigenvalue weighted by atomic mass is 10.3. The second-order valence-electron chi connectivity index (χ2n) is 6.06. The van der Waals surface area contributed by atoms with Crippen LogP contribution in [0.25, 0.3) is 0 Å². The third kappa shape index (κ3) is 4.73. The van der Waals surface area contributed by atoms with Crippen molar-refractivity contribution >= 4 is 5.91 Å². The van der Waals surface area contributed by atoms with Gasteiger partial charge in [-0.05, 0) is 31.2 Å². The fraction of sp³-hybridized carbons (Fsp3) is 0.444. The van der Waals surface area contributed by atoms with Gasteiger partial charge in [0.25, 0.3) is 5.91 Å². The maximum atomic E-state index is 12.3. The molecule has 1 saturated heterocycles. The van der Waals surface area contributed by atoms with Gasteiger partial charge < -0.3 is 18.9 Å². The molecule has 0 aliphatic carbocycles. The van der Waals surface area contributed by atoms with Crippen molar-refractivity contribution in [3.63, 3.8) is 0 Å². The number of amides is 1. The maximum Gasteiger partial charge on any atom is 0.260 e. The quantitative estimate of drug-likeness (QED) is 0.794. The Balaban J connectivity index is 1.41. The number of nitrogens with zero attached hydrogens (tertiary/aromatic N) is 3. The summed E-state index contributed by atoms with van der Waals surface area (Å²) in [6, 6.07) is 9.15. The lowest BCUT2D eigenvalue weighted by Gasteiger charge is -2.34. The largest absolute Gasteiger partial charge is 0.497 e. The first kappa shape index (κ1) is 17.3. The summed E-state index contributed by atoms with van der Waals surface area (Å²) >= 11 is 0. The zero-order valence-corrected chi connectivity index (χ0v) is 14.6. The first-order chi connectivity index (χ1) is 12.1. The van der Waals surface area contributed by atoms with Gasteiger partial charge in [0, 0.05) is 32.2 Å². The number of ether oxygens (including phenoxy) is 2. The summed E-state index contributed by atoms with van der Waals surface area (Å²) in [6.45, 7) is 5.70. The first-order valence-corrected chi connectivity index (χ1v) is 8.33. The van der Waals surface area contributed by atoms with Gasteiger partial charge in [-0.3, -0.25) is 9.69 Å². The van der Waals surface area contributed by atoms with E-state index >= 15 is 0 Å². The zero-order chi connectivity index (χ0) is 17.6. The van der Waals surface area contributed by atoms with Gasteiger partial charge in [-0.1, -0.05) is 5.16 Å². The summed E-state index contributed by atoms with van der Waals surface area (Å²) in [5.41, 5.74) is 0.888. The molecule has 2 heterocycles. The summed E-state index contributed by atoms with van der Waals surface area (Å²) < 4.78 is 15.9. The van der Waals surface area contributed by atoms with Gasteiger partial charge in [0.2, 0.25) is 0 Å². The van der Waals surface area contributed by atoms with Crippen LogP contribution in [0.1, 0.15) is 11.5 Å². The van der Waals surface area contributed by atoms with Crippen LogP contribution >= 0.6 is 0 Å². The van der Waals surface area contributed by atoms with E-state index < -0.39 is 0 Å². The number of aromatic nitrogens is 1. The highest BCUT2D eigenvalue weighted by molar-refractivity contribution is 5.77. The molecule has 0 atom stereocenters. The number of hydrogen-bond acceptors (Lipinski definition) is 6. The molecule has 0 spiro atoms. The van der Waals surface area contributed by atoms with Crippen LogP contribution in [-0.2, 0) is 11.3 Å². The minimum absolute atomic E-state index is 0.00553. The molecule has 1 aromatic carbocycles. The summed E-state index contributed by atoms with van der Waals surface area (Å²) in [4.78, 5) is 16.4. The van der Waals surface area contributed by atoms with Crippen LogP contribution in [-0.4, -0.2) is 60.8 Å². The highest BCUT2D eigenvalue weighted by Crippen LogP contribution is 2.17. The minimum atomic E-state index is 0.00553. The fourth-order valence-electron chi connectivity index (χ4n) is 2.77. The molecule has 2 aromatic rings. The maximum absolute atomic E-state index is 12.3. The second kappa shape index (κ2) is 8.02. The molecule has 7 heteroatoms. The standard InChI is InChI=1S/C18H23N3O4/c1-14-11-17(25-19-14)12-20-7-9-21(10-8-20)18(22)13-24-16-5-3-15(23-2)4-6-16/h3-6,11H,7-10,12-13H2,1-2H3. The average molecular weight is 345 g/mol. The number of methoxy groups -OCH3 is 1. The molecule has 0 N–H and O–H groups in total. The van der Waals surface area contributed by atoms with Crippen molar-refractivity contribution in [2.75, 3.05) is 39.9 Å². The zero-order valence-electron chi connectivity index (χ0n) is 14.6. The molecule has 1 aromatic heterocycles. The molecule has 1 aliphatic rings. The lowest BCUT2D eigenvalue weighted by Crippen LogP contribution is -2.49. The smallest absolute Gasteiger partial charge is 0.260 e. The van der Waals surface area contributed by atoms with Gasteiger partial charge in [-0.25, -0.2) is 0 Å². The summed E-state index contributed by atoms with van der Waals surface area (Å²) in [7, 11) is 1.61. The van der Waals surface area contributed by atoms with Gasteiger partial charge in [0.1, 0.15) is 11.5 Å². The highest BCUT2D eigenvalue weighted by atomic mass is 16.5. The molecule has 7 nitrogen and oxygen atoms in total. The van der Waals surface area contributed by atoms with Crippen molar-refractivity contribution in [1.29, 1.82) is 0 Å². The summed E-state index contributed by atoms with van der Waals surface area (Å²) in [6.07, 6.45) is 0. The Hall–Kier alpha value is -2.54. The van der Waals surface area contributed by atoms with E-state index in [0.717, 1.165) is 36.8 Å². The molecule has 0 saturated carbocycles. The number of aryl methyl sites for hydroxylation is 1. The van der Waals surface area contributed by atoms with Crippen molar-refractivity contribution in [2.24, 2.45) is 0 Å². The van der Waals surface area contributed by atoms with Crippen LogP contribution in [0.5, 0.6) is 11.5 Å². The molecule has 1 aliphatic heterocycles. The van der Waals surface area contributed by atoms with E-state index in [2.05, 4.69) is 10.1 Å². The second-order valence-corrected chi connectivity index (χ2v) is 6.06. The van der Waals surface area contributed by atoms with Crippen LogP contribution in [0.2, 0.25) is 0 Å². The normalized spacial score (nSPS) is 15.2. The molecular formula is C18H23N3O4. The monoisotopic (exact) mass is 345 g/mol. The Kier molecular flexibility index (Phi) is 5.55. The van der Waals surface area contributed by atoms with Crippen LogP contribution in [0.4, 0.5) is 0 Å². The summed E-state index contributed by atoms with van der Waals surface area (Å²) in [5.74, 6) is 2.29. The van der Waals surface area contributed by atoms with Gasteiger partial charge in [-0.15, -0.1) is 0 Å². The molecule has 134 valence electrons. The highest BCUT2D eigenvalue weighted by Gasteiger charge is 2.22. The Morgan fingerprint density at radius 3 is 2.44 bits per heavy atom. The van der Waals surface area contributed by atoms with Gasteiger partial charge in [0.15, 0.2) is 12.4 Å². The number of carbonyl (C=O) groups is 1. The third-order valence-corrected chi connectivity index (χ3v) is 4.20. The van der Waals surface area contributed by atoms with Gasteiger partial charge >= 0.3 is 0 Å². The van der Waals surface area contributed by atoms with E-state index in [1.165, 1.54) is 0 Å². The van der Waals surface area contributed by atoms with E-state index in [0.29, 0.717) is 18.8 Å². The SMILES string of the molecule is COc1ccc(OCC(=O)N2CCN(Cc3cc(C)no3)CC2)cc1. The molecule has 0 unspecified atom stereocenters. The van der Waals surface area contributed by atoms with Gasteiger partial charge in [-0.2, -0.15) is 0 Å². The van der Waals surface area contributed by atoms with Crippen LogP contribution < -0.4 is 9.47 Å². The average Bonchev–Trinajstić information content (AvgIpc) is 3.05. The molecule has 1 amide bonds. The van der Waals surface area contributed by atoms with E-state index in [1.54, 1.807) is 19.2 Å². The minimum Gasteiger partial charge on any atom is -0.497 e. The van der Waals surface area contributed by atoms with Crippen molar-refractivity contribution in [1.82, 2.24) is 15.0 Å². The van der Waals surface area contributed by atoms with Crippen molar-refractivity contribution in [2.45, 2.75) is 13.5 Å². The molecule has 3 rings (SSSR count). The summed E-state index contributed by atoms with van der Waals surface area (Å²) in [5, 5.41) is 3.90. The number of piperazine rings is 1. The van der Waals surface area contributed by atoms with Crippen LogP contribution in [0, 0.1) is 6.92 Å². The van der Waals surface area contributed by atoms with Crippen molar-refractivity contribution in [3.05, 3.63) is 41.8 Å². The Morgan fingerprint density at radius 1 is 1.16 bits per heavy atom. The molecule has 1 fully saturated rings. The Labute approximate surface area is 147 Å². The number of benzene rings is 1. The number of hydrogen-bond donors (Lipinski definition) is 0. The lowest BCUT2D eigenvalue weighted by molar-refractivity contribution is -0.135. The topological polar surface area (TPSA) is 68.0 Å². The number of rotatable bonds is 6. The van der Waals surface area contributed by atoms with Crippen LogP contribution in [0.15, 0.2) is 34.9 Å². The predicted octanol–water partition coefficient (Wildman–Crippen LogP) is 1.71. The van der Waals surface area contributed by atoms with E-state index in [4.69, 9.17) is 14.0 Å². The third-order valence-electron chi connectivity index (χ3n) is 4.20. The van der Waals surface area contributed by atoms with Gasteiger partial charge in [0.05, 0.1) is 19.3 Å². The number of carbonyl (C=O) groups excluding carboxylic acids is 1. The van der Waals surface area contributed by atoms with Crippen LogP contribution in [0.3, 0.4) is 0 Å². The molecule has 0 bridgehead atoms. The van der Waals surface area contributed by atoms with E-state index in [-0.39, 0.29) is 12.5 Å². The van der Waals surface area contributed by atoms with Crippen molar-refractivity contribution < 1.29 is 18.8 Å². The Morgan fingerprint density at radius 2 is 1.84 bits per heavy atom. The van der Waals surface area contributed by atoms with E-state index in [1.807, 2.05) is 30.0 Å².